The van der Waals surface area contributed by atoms with Gasteiger partial charge in [-0.1, -0.05) is 38.0 Å². The molecule has 6 nitrogen and oxygen atoms in total. The minimum Gasteiger partial charge on any atom is -0.491 e. The Morgan fingerprint density at radius 1 is 0.955 bits per heavy atom. The van der Waals surface area contributed by atoms with Crippen LogP contribution in [0.3, 0.4) is 0 Å². The van der Waals surface area contributed by atoms with Gasteiger partial charge in [-0.25, -0.2) is 0 Å². The third kappa shape index (κ3) is 7.88. The number of hydrogen-bond donors (Lipinski definition) is 0. The average Bonchev–Trinajstić information content (AvgIpc) is 2.49. The van der Waals surface area contributed by atoms with Crippen LogP contribution in [0.2, 0.25) is 0 Å². The molecule has 0 heterocycles. The Kier molecular flexibility index (Phi) is 8.36. The molecule has 0 bridgehead atoms. The molecule has 0 aliphatic heterocycles. The number of hydrogen-bond acceptors (Lipinski definition) is 4. The lowest BCUT2D eigenvalue weighted by atomic mass is 9.87. The molecule has 0 aliphatic carbocycles. The van der Waals surface area contributed by atoms with E-state index in [0.717, 1.165) is 5.75 Å². The molecule has 22 heavy (non-hydrogen) atoms. The van der Waals surface area contributed by atoms with Crippen LogP contribution in [0.4, 0.5) is 0 Å². The summed E-state index contributed by atoms with van der Waals surface area (Å²) in [6.45, 7) is 9.34. The molecule has 0 saturated heterocycles. The van der Waals surface area contributed by atoms with E-state index in [0.29, 0.717) is 39.6 Å². The molecule has 0 atom stereocenters. The fourth-order valence-corrected chi connectivity index (χ4v) is 1.74. The van der Waals surface area contributed by atoms with Gasteiger partial charge in [-0.2, -0.15) is 0 Å². The molecule has 0 fully saturated rings. The minimum atomic E-state index is 0.153. The molecule has 0 spiro atoms. The number of ether oxygens (including phenoxy) is 3. The van der Waals surface area contributed by atoms with Gasteiger partial charge in [-0.15, -0.1) is 0 Å². The molecule has 0 saturated carbocycles. The smallest absolute Gasteiger partial charge is 0.119 e. The second kappa shape index (κ2) is 10.1. The van der Waals surface area contributed by atoms with Gasteiger partial charge >= 0.3 is 0 Å². The monoisotopic (exact) mass is 307 g/mol. The summed E-state index contributed by atoms with van der Waals surface area (Å²) in [4.78, 5) is 2.64. The predicted molar refractivity (Wildman–Crippen MR) is 86.3 cm³/mol. The van der Waals surface area contributed by atoms with E-state index in [-0.39, 0.29) is 5.41 Å². The van der Waals surface area contributed by atoms with Crippen LogP contribution in [0.25, 0.3) is 10.4 Å². The van der Waals surface area contributed by atoms with Crippen molar-refractivity contribution in [3.8, 4) is 5.75 Å². The van der Waals surface area contributed by atoms with Gasteiger partial charge in [0, 0.05) is 11.5 Å². The maximum absolute atomic E-state index is 8.08. The SMILES string of the molecule is CC(C)(C)c1ccc(OCCOCCOCCN=[N+]=[N-])cc1. The fourth-order valence-electron chi connectivity index (χ4n) is 1.74. The normalized spacial score (nSPS) is 11.0. The van der Waals surface area contributed by atoms with E-state index in [1.807, 2.05) is 12.1 Å². The maximum atomic E-state index is 8.08. The van der Waals surface area contributed by atoms with Crippen molar-refractivity contribution in [2.75, 3.05) is 39.6 Å². The molecule has 0 radical (unpaired) electrons. The summed E-state index contributed by atoms with van der Waals surface area (Å²) in [7, 11) is 0. The lowest BCUT2D eigenvalue weighted by molar-refractivity contribution is 0.0388. The van der Waals surface area contributed by atoms with Crippen molar-refractivity contribution in [3.63, 3.8) is 0 Å². The first-order valence-electron chi connectivity index (χ1n) is 7.44. The molecule has 0 unspecified atom stereocenters. The van der Waals surface area contributed by atoms with Gasteiger partial charge < -0.3 is 14.2 Å². The van der Waals surface area contributed by atoms with E-state index in [4.69, 9.17) is 19.7 Å². The van der Waals surface area contributed by atoms with Crippen LogP contribution in [0.1, 0.15) is 26.3 Å². The zero-order valence-electron chi connectivity index (χ0n) is 13.6. The van der Waals surface area contributed by atoms with Crippen molar-refractivity contribution in [2.24, 2.45) is 5.11 Å². The van der Waals surface area contributed by atoms with E-state index < -0.39 is 0 Å². The van der Waals surface area contributed by atoms with Crippen LogP contribution >= 0.6 is 0 Å². The Labute approximate surface area is 132 Å². The van der Waals surface area contributed by atoms with Gasteiger partial charge in [-0.3, -0.25) is 0 Å². The van der Waals surface area contributed by atoms with Gasteiger partial charge in [-0.05, 0) is 28.6 Å². The summed E-state index contributed by atoms with van der Waals surface area (Å²) in [5, 5.41) is 3.37. The second-order valence-electron chi connectivity index (χ2n) is 5.80. The van der Waals surface area contributed by atoms with Crippen LogP contribution in [-0.4, -0.2) is 39.6 Å². The molecular formula is C16H25N3O3. The second-order valence-corrected chi connectivity index (χ2v) is 5.80. The zero-order valence-corrected chi connectivity index (χ0v) is 13.6. The average molecular weight is 307 g/mol. The summed E-state index contributed by atoms with van der Waals surface area (Å²) >= 11 is 0. The molecular weight excluding hydrogens is 282 g/mol. The Morgan fingerprint density at radius 2 is 1.55 bits per heavy atom. The predicted octanol–water partition coefficient (Wildman–Crippen LogP) is 3.71. The van der Waals surface area contributed by atoms with Crippen molar-refractivity contribution in [3.05, 3.63) is 40.3 Å². The lowest BCUT2D eigenvalue weighted by Crippen LogP contribution is -2.12. The highest BCUT2D eigenvalue weighted by atomic mass is 16.5. The number of rotatable bonds is 10. The van der Waals surface area contributed by atoms with Crippen LogP contribution in [0.15, 0.2) is 29.4 Å². The molecule has 122 valence electrons. The van der Waals surface area contributed by atoms with Crippen LogP contribution < -0.4 is 4.74 Å². The highest BCUT2D eigenvalue weighted by molar-refractivity contribution is 5.31. The Balaban J connectivity index is 2.06. The van der Waals surface area contributed by atoms with Crippen LogP contribution in [0.5, 0.6) is 5.75 Å². The van der Waals surface area contributed by atoms with Gasteiger partial charge in [0.15, 0.2) is 0 Å². The third-order valence-electron chi connectivity index (χ3n) is 2.99. The Morgan fingerprint density at radius 3 is 2.14 bits per heavy atom. The quantitative estimate of drug-likeness (QED) is 0.286. The van der Waals surface area contributed by atoms with Crippen molar-refractivity contribution in [1.82, 2.24) is 0 Å². The largest absolute Gasteiger partial charge is 0.491 e. The van der Waals surface area contributed by atoms with Gasteiger partial charge in [0.1, 0.15) is 12.4 Å². The summed E-state index contributed by atoms with van der Waals surface area (Å²) < 4.78 is 16.2. The van der Waals surface area contributed by atoms with Crippen molar-refractivity contribution >= 4 is 0 Å². The van der Waals surface area contributed by atoms with E-state index in [1.54, 1.807) is 0 Å². The van der Waals surface area contributed by atoms with Crippen LogP contribution in [-0.2, 0) is 14.9 Å². The molecule has 0 amide bonds. The number of azide groups is 1. The van der Waals surface area contributed by atoms with E-state index in [9.17, 15) is 0 Å². The van der Waals surface area contributed by atoms with Crippen LogP contribution in [0, 0.1) is 0 Å². The first-order valence-corrected chi connectivity index (χ1v) is 7.44. The topological polar surface area (TPSA) is 76.5 Å². The maximum Gasteiger partial charge on any atom is 0.119 e. The fraction of sp³-hybridized carbons (Fsp3) is 0.625. The van der Waals surface area contributed by atoms with Crippen molar-refractivity contribution < 1.29 is 14.2 Å². The first-order chi connectivity index (χ1) is 10.5. The molecule has 1 aromatic carbocycles. The standard InChI is InChI=1S/C16H25N3O3/c1-16(2,3)14-4-6-15(7-5-14)22-13-12-21-11-10-20-9-8-18-19-17/h4-7H,8-13H2,1-3H3. The minimum absolute atomic E-state index is 0.153. The molecule has 0 N–H and O–H groups in total. The van der Waals surface area contributed by atoms with Gasteiger partial charge in [0.05, 0.1) is 26.4 Å². The summed E-state index contributed by atoms with van der Waals surface area (Å²) in [5.74, 6) is 0.849. The molecule has 0 aliphatic rings. The Hall–Kier alpha value is -1.75. The van der Waals surface area contributed by atoms with Crippen molar-refractivity contribution in [1.29, 1.82) is 0 Å². The first kappa shape index (κ1) is 18.3. The van der Waals surface area contributed by atoms with E-state index in [1.165, 1.54) is 5.56 Å². The van der Waals surface area contributed by atoms with Gasteiger partial charge in [0.25, 0.3) is 0 Å². The zero-order chi connectivity index (χ0) is 16.3. The summed E-state index contributed by atoms with van der Waals surface area (Å²) in [6.07, 6.45) is 0. The van der Waals surface area contributed by atoms with E-state index in [2.05, 4.69) is 42.9 Å². The molecule has 1 rings (SSSR count). The number of benzene rings is 1. The lowest BCUT2D eigenvalue weighted by Gasteiger charge is -2.19. The van der Waals surface area contributed by atoms with E-state index >= 15 is 0 Å². The molecule has 0 aromatic heterocycles. The third-order valence-corrected chi connectivity index (χ3v) is 2.99. The summed E-state index contributed by atoms with van der Waals surface area (Å²) in [5.41, 5.74) is 9.52. The molecule has 1 aromatic rings. The van der Waals surface area contributed by atoms with Crippen molar-refractivity contribution in [2.45, 2.75) is 26.2 Å². The molecule has 6 heteroatoms. The number of nitrogens with zero attached hydrogens (tertiary/aromatic N) is 3. The highest BCUT2D eigenvalue weighted by Gasteiger charge is 2.12. The highest BCUT2D eigenvalue weighted by Crippen LogP contribution is 2.24. The Bertz CT molecular complexity index is 463. The van der Waals surface area contributed by atoms with Gasteiger partial charge in [0.2, 0.25) is 0 Å². The summed E-state index contributed by atoms with van der Waals surface area (Å²) in [6, 6.07) is 8.15.